The van der Waals surface area contributed by atoms with Crippen LogP contribution in [-0.4, -0.2) is 42.9 Å². The molecule has 0 radical (unpaired) electrons. The first-order valence-corrected chi connectivity index (χ1v) is 9.03. The monoisotopic (exact) mass is 408 g/mol. The Bertz CT molecular complexity index is 874. The highest BCUT2D eigenvalue weighted by Gasteiger charge is 2.27. The van der Waals surface area contributed by atoms with Crippen LogP contribution in [0.15, 0.2) is 47.6 Å². The molecule has 0 aromatic heterocycles. The molecular formula is C20H19ClF2N2O3. The van der Waals surface area contributed by atoms with E-state index in [1.807, 2.05) is 12.1 Å². The maximum Gasteiger partial charge on any atom is 0.248 e. The van der Waals surface area contributed by atoms with E-state index in [2.05, 4.69) is 5.16 Å². The molecule has 8 heteroatoms. The van der Waals surface area contributed by atoms with Gasteiger partial charge in [-0.3, -0.25) is 4.79 Å². The van der Waals surface area contributed by atoms with Gasteiger partial charge in [-0.15, -0.1) is 0 Å². The minimum atomic E-state index is -0.708. The van der Waals surface area contributed by atoms with Crippen LogP contribution in [0.3, 0.4) is 0 Å². The zero-order chi connectivity index (χ0) is 20.1. The van der Waals surface area contributed by atoms with Gasteiger partial charge in [-0.05, 0) is 23.8 Å². The summed E-state index contributed by atoms with van der Waals surface area (Å²) in [4.78, 5) is 19.3. The molecule has 0 fully saturated rings. The van der Waals surface area contributed by atoms with E-state index < -0.39 is 11.6 Å². The molecule has 148 valence electrons. The molecule has 0 aliphatic carbocycles. The number of methoxy groups -OCH3 is 1. The van der Waals surface area contributed by atoms with Crippen molar-refractivity contribution in [3.05, 3.63) is 70.2 Å². The third-order valence-corrected chi connectivity index (χ3v) is 4.58. The van der Waals surface area contributed by atoms with Crippen LogP contribution in [-0.2, 0) is 20.9 Å². The van der Waals surface area contributed by atoms with Crippen LogP contribution in [0.4, 0.5) is 8.78 Å². The summed E-state index contributed by atoms with van der Waals surface area (Å²) in [5, 5.41) is 4.71. The van der Waals surface area contributed by atoms with Gasteiger partial charge in [0.2, 0.25) is 5.91 Å². The molecule has 0 saturated carbocycles. The average Bonchev–Trinajstić information content (AvgIpc) is 3.12. The molecule has 1 aliphatic heterocycles. The molecule has 1 amide bonds. The van der Waals surface area contributed by atoms with Crippen LogP contribution in [0.5, 0.6) is 0 Å². The molecule has 2 aromatic carbocycles. The van der Waals surface area contributed by atoms with Crippen LogP contribution >= 0.6 is 11.6 Å². The van der Waals surface area contributed by atoms with E-state index in [9.17, 15) is 13.6 Å². The number of rotatable bonds is 7. The number of amides is 1. The number of benzene rings is 2. The van der Waals surface area contributed by atoms with Gasteiger partial charge < -0.3 is 14.5 Å². The molecule has 3 rings (SSSR count). The lowest BCUT2D eigenvalue weighted by Gasteiger charge is -2.25. The quantitative estimate of drug-likeness (QED) is 0.700. The summed E-state index contributed by atoms with van der Waals surface area (Å²) in [7, 11) is 1.41. The number of carbonyl (C=O) groups is 1. The molecule has 1 atom stereocenters. The Morgan fingerprint density at radius 2 is 2.04 bits per heavy atom. The number of hydrogen-bond donors (Lipinski definition) is 0. The third-order valence-electron chi connectivity index (χ3n) is 4.33. The number of ether oxygens (including phenoxy) is 1. The average molecular weight is 409 g/mol. The maximum atomic E-state index is 14.0. The Hall–Kier alpha value is -2.51. The van der Waals surface area contributed by atoms with Gasteiger partial charge in [0.25, 0.3) is 0 Å². The van der Waals surface area contributed by atoms with Crippen LogP contribution in [0.2, 0.25) is 5.02 Å². The largest absolute Gasteiger partial charge is 0.390 e. The van der Waals surface area contributed by atoms with Crippen molar-refractivity contribution in [3.63, 3.8) is 0 Å². The van der Waals surface area contributed by atoms with Crippen molar-refractivity contribution in [2.75, 3.05) is 20.3 Å². The van der Waals surface area contributed by atoms with Gasteiger partial charge in [0, 0.05) is 36.7 Å². The zero-order valence-corrected chi connectivity index (χ0v) is 16.0. The highest BCUT2D eigenvalue weighted by molar-refractivity contribution is 6.30. The topological polar surface area (TPSA) is 51.1 Å². The van der Waals surface area contributed by atoms with Crippen molar-refractivity contribution in [3.8, 4) is 0 Å². The summed E-state index contributed by atoms with van der Waals surface area (Å²) in [6.07, 6.45) is 0.111. The molecule has 0 N–H and O–H groups in total. The molecule has 5 nitrogen and oxygen atoms in total. The highest BCUT2D eigenvalue weighted by Crippen LogP contribution is 2.21. The fraction of sp³-hybridized carbons (Fsp3) is 0.300. The van der Waals surface area contributed by atoms with Crippen LogP contribution in [0.25, 0.3) is 0 Å². The molecule has 28 heavy (non-hydrogen) atoms. The predicted octanol–water partition coefficient (Wildman–Crippen LogP) is 3.79. The number of hydrogen-bond acceptors (Lipinski definition) is 4. The van der Waals surface area contributed by atoms with E-state index in [4.69, 9.17) is 21.2 Å². The van der Waals surface area contributed by atoms with Crippen molar-refractivity contribution in [2.45, 2.75) is 19.1 Å². The first-order valence-electron chi connectivity index (χ1n) is 8.65. The van der Waals surface area contributed by atoms with Crippen molar-refractivity contribution >= 4 is 23.2 Å². The Balaban J connectivity index is 1.68. The Kier molecular flexibility index (Phi) is 6.59. The van der Waals surface area contributed by atoms with E-state index in [0.717, 1.165) is 23.4 Å². The summed E-state index contributed by atoms with van der Waals surface area (Å²) in [6, 6.07) is 10.5. The fourth-order valence-corrected chi connectivity index (χ4v) is 3.04. The Labute approximate surface area is 166 Å². The molecule has 1 aliphatic rings. The molecule has 2 aromatic rings. The van der Waals surface area contributed by atoms with Gasteiger partial charge >= 0.3 is 0 Å². The maximum absolute atomic E-state index is 14.0. The van der Waals surface area contributed by atoms with Gasteiger partial charge in [-0.1, -0.05) is 35.0 Å². The molecular weight excluding hydrogens is 390 g/mol. The Morgan fingerprint density at radius 1 is 1.29 bits per heavy atom. The van der Waals surface area contributed by atoms with Gasteiger partial charge in [0.1, 0.15) is 18.2 Å². The van der Waals surface area contributed by atoms with Crippen LogP contribution in [0.1, 0.15) is 17.5 Å². The highest BCUT2D eigenvalue weighted by atomic mass is 35.5. The fourth-order valence-electron chi connectivity index (χ4n) is 2.91. The predicted molar refractivity (Wildman–Crippen MR) is 101 cm³/mol. The van der Waals surface area contributed by atoms with Gasteiger partial charge in [-0.2, -0.15) is 0 Å². The number of oxime groups is 1. The van der Waals surface area contributed by atoms with Crippen LogP contribution < -0.4 is 0 Å². The lowest BCUT2D eigenvalue weighted by atomic mass is 10.0. The summed E-state index contributed by atoms with van der Waals surface area (Å²) in [5.74, 6) is -1.70. The summed E-state index contributed by atoms with van der Waals surface area (Å²) >= 11 is 5.90. The molecule has 0 spiro atoms. The van der Waals surface area contributed by atoms with Gasteiger partial charge in [-0.25, -0.2) is 8.78 Å². The summed E-state index contributed by atoms with van der Waals surface area (Å²) in [5.41, 5.74) is 1.84. The molecule has 0 unspecified atom stereocenters. The smallest absolute Gasteiger partial charge is 0.248 e. The molecule has 1 heterocycles. The minimum Gasteiger partial charge on any atom is -0.390 e. The third kappa shape index (κ3) is 5.05. The van der Waals surface area contributed by atoms with Crippen molar-refractivity contribution in [1.29, 1.82) is 0 Å². The van der Waals surface area contributed by atoms with Gasteiger partial charge in [0.05, 0.1) is 12.3 Å². The zero-order valence-electron chi connectivity index (χ0n) is 15.2. The van der Waals surface area contributed by atoms with E-state index >= 15 is 0 Å². The van der Waals surface area contributed by atoms with E-state index in [1.165, 1.54) is 18.1 Å². The van der Waals surface area contributed by atoms with Crippen molar-refractivity contribution in [2.24, 2.45) is 5.16 Å². The second-order valence-corrected chi connectivity index (χ2v) is 6.86. The lowest BCUT2D eigenvalue weighted by Crippen LogP contribution is -2.39. The Morgan fingerprint density at radius 3 is 2.71 bits per heavy atom. The van der Waals surface area contributed by atoms with E-state index in [0.29, 0.717) is 11.4 Å². The van der Waals surface area contributed by atoms with Crippen molar-refractivity contribution < 1.29 is 23.1 Å². The molecule has 0 saturated heterocycles. The lowest BCUT2D eigenvalue weighted by molar-refractivity contribution is -0.137. The van der Waals surface area contributed by atoms with Gasteiger partial charge in [0.15, 0.2) is 6.10 Å². The van der Waals surface area contributed by atoms with E-state index in [-0.39, 0.29) is 37.3 Å². The second-order valence-electron chi connectivity index (χ2n) is 6.42. The van der Waals surface area contributed by atoms with Crippen LogP contribution in [0, 0.1) is 11.6 Å². The first kappa shape index (κ1) is 20.2. The van der Waals surface area contributed by atoms with E-state index in [1.54, 1.807) is 12.1 Å². The number of carbonyl (C=O) groups excluding carboxylic acids is 1. The second kappa shape index (κ2) is 9.12. The minimum absolute atomic E-state index is 0.0234. The number of nitrogens with zero attached hydrogens (tertiary/aromatic N) is 2. The first-order chi connectivity index (χ1) is 13.5. The standard InChI is InChI=1S/C20H19ClF2N2O3/c1-27-12-20(26)25(10-14-4-7-16(22)8-18(14)23)11-17-9-19(24-28-17)13-2-5-15(21)6-3-13/h2-8,17H,9-12H2,1H3/t17-/m0/s1. The molecule has 0 bridgehead atoms. The summed E-state index contributed by atoms with van der Waals surface area (Å²) < 4.78 is 32.1. The number of halogens is 3. The summed E-state index contributed by atoms with van der Waals surface area (Å²) in [6.45, 7) is 0.0183. The normalized spacial score (nSPS) is 15.9. The van der Waals surface area contributed by atoms with Crippen molar-refractivity contribution in [1.82, 2.24) is 4.90 Å². The SMILES string of the molecule is COCC(=O)N(Cc1ccc(F)cc1F)C[C@@H]1CC(c2ccc(Cl)cc2)=NO1.